The Hall–Kier alpha value is -2.96. The van der Waals surface area contributed by atoms with Gasteiger partial charge in [-0.25, -0.2) is 0 Å². The minimum Gasteiger partial charge on any atom is -0.361 e. The van der Waals surface area contributed by atoms with Crippen LogP contribution in [0.1, 0.15) is 18.1 Å². The van der Waals surface area contributed by atoms with Crippen molar-refractivity contribution >= 4 is 11.6 Å². The van der Waals surface area contributed by atoms with Gasteiger partial charge in [-0.05, 0) is 32.1 Å². The first-order valence-corrected chi connectivity index (χ1v) is 10.3. The van der Waals surface area contributed by atoms with Gasteiger partial charge in [-0.15, -0.1) is 0 Å². The summed E-state index contributed by atoms with van der Waals surface area (Å²) in [6.45, 7) is 1.78. The van der Waals surface area contributed by atoms with Crippen LogP contribution in [-0.4, -0.2) is 40.3 Å². The summed E-state index contributed by atoms with van der Waals surface area (Å²) in [5.41, 5.74) is 2.81. The predicted molar refractivity (Wildman–Crippen MR) is 116 cm³/mol. The average Bonchev–Trinajstić information content (AvgIpc) is 3.43. The molecule has 0 N–H and O–H groups in total. The Balaban J connectivity index is 1.21. The molecule has 2 heterocycles. The third-order valence-corrected chi connectivity index (χ3v) is 5.08. The van der Waals surface area contributed by atoms with Crippen LogP contribution in [0, 0.1) is 0 Å². The van der Waals surface area contributed by atoms with Crippen molar-refractivity contribution in [2.75, 3.05) is 20.1 Å². The fourth-order valence-electron chi connectivity index (χ4n) is 3.20. The minimum atomic E-state index is 0.565. The topological polar surface area (TPSA) is 68.2 Å². The van der Waals surface area contributed by atoms with E-state index in [9.17, 15) is 0 Å². The van der Waals surface area contributed by atoms with E-state index in [1.807, 2.05) is 60.7 Å². The molecule has 0 saturated heterocycles. The van der Waals surface area contributed by atoms with E-state index in [4.69, 9.17) is 20.6 Å². The van der Waals surface area contributed by atoms with Gasteiger partial charge in [0.25, 0.3) is 0 Å². The maximum Gasteiger partial charge on any atom is 0.228 e. The number of aryl methyl sites for hydroxylation is 1. The van der Waals surface area contributed by atoms with Gasteiger partial charge in [-0.3, -0.25) is 0 Å². The number of nitrogens with zero attached hydrogens (tertiary/aromatic N) is 4. The molecule has 0 spiro atoms. The number of benzene rings is 2. The molecule has 0 saturated carbocycles. The van der Waals surface area contributed by atoms with Gasteiger partial charge in [0.2, 0.25) is 11.7 Å². The zero-order valence-corrected chi connectivity index (χ0v) is 17.5. The lowest BCUT2D eigenvalue weighted by Gasteiger charge is -2.14. The summed E-state index contributed by atoms with van der Waals surface area (Å²) in [5.74, 6) is 2.10. The predicted octanol–water partition coefficient (Wildman–Crippen LogP) is 5.15. The van der Waals surface area contributed by atoms with Crippen molar-refractivity contribution in [1.29, 1.82) is 0 Å². The number of hydrogen-bond donors (Lipinski definition) is 0. The molecule has 0 aliphatic rings. The second-order valence-corrected chi connectivity index (χ2v) is 7.66. The standard InChI is InChI=1S/C23H23ClN4O2/c1-28(13-6-11-20-16-21(26-29-20)17-7-3-2-4-8-17)14-12-22-25-23(27-30-22)18-9-5-10-19(24)15-18/h2-5,7-10,15-16H,6,11-14H2,1H3. The third-order valence-electron chi connectivity index (χ3n) is 4.85. The number of aromatic nitrogens is 3. The molecule has 0 aliphatic carbocycles. The monoisotopic (exact) mass is 422 g/mol. The van der Waals surface area contributed by atoms with Crippen molar-refractivity contribution in [3.8, 4) is 22.6 Å². The van der Waals surface area contributed by atoms with Crippen LogP contribution in [-0.2, 0) is 12.8 Å². The molecular weight excluding hydrogens is 400 g/mol. The zero-order chi connectivity index (χ0) is 20.8. The van der Waals surface area contributed by atoms with Gasteiger partial charge >= 0.3 is 0 Å². The number of halogens is 1. The van der Waals surface area contributed by atoms with Crippen molar-refractivity contribution in [2.24, 2.45) is 0 Å². The Morgan fingerprint density at radius 3 is 2.53 bits per heavy atom. The first kappa shape index (κ1) is 20.3. The van der Waals surface area contributed by atoms with Gasteiger partial charge in [-0.1, -0.05) is 64.4 Å². The summed E-state index contributed by atoms with van der Waals surface area (Å²) >= 11 is 6.03. The highest BCUT2D eigenvalue weighted by atomic mass is 35.5. The van der Waals surface area contributed by atoms with Crippen LogP contribution in [0.25, 0.3) is 22.6 Å². The highest BCUT2D eigenvalue weighted by Gasteiger charge is 2.11. The van der Waals surface area contributed by atoms with Crippen LogP contribution in [0.4, 0.5) is 0 Å². The molecule has 0 fully saturated rings. The van der Waals surface area contributed by atoms with E-state index >= 15 is 0 Å². The molecule has 0 amide bonds. The lowest BCUT2D eigenvalue weighted by Crippen LogP contribution is -2.22. The van der Waals surface area contributed by atoms with E-state index in [-0.39, 0.29) is 0 Å². The van der Waals surface area contributed by atoms with Gasteiger partial charge in [0, 0.05) is 41.6 Å². The fraction of sp³-hybridized carbons (Fsp3) is 0.261. The van der Waals surface area contributed by atoms with Crippen molar-refractivity contribution in [1.82, 2.24) is 20.2 Å². The Bertz CT molecular complexity index is 1080. The molecule has 0 unspecified atom stereocenters. The molecule has 154 valence electrons. The molecule has 2 aromatic carbocycles. The van der Waals surface area contributed by atoms with Gasteiger partial charge in [0.05, 0.1) is 0 Å². The van der Waals surface area contributed by atoms with Gasteiger partial charge in [0.1, 0.15) is 11.5 Å². The van der Waals surface area contributed by atoms with Crippen LogP contribution in [0.5, 0.6) is 0 Å². The maximum absolute atomic E-state index is 6.03. The molecule has 30 heavy (non-hydrogen) atoms. The second-order valence-electron chi connectivity index (χ2n) is 7.22. The van der Waals surface area contributed by atoms with Crippen molar-refractivity contribution in [3.63, 3.8) is 0 Å². The quantitative estimate of drug-likeness (QED) is 0.371. The molecule has 4 aromatic rings. The van der Waals surface area contributed by atoms with Crippen molar-refractivity contribution < 1.29 is 9.05 Å². The van der Waals surface area contributed by atoms with E-state index in [0.29, 0.717) is 23.2 Å². The fourth-order valence-corrected chi connectivity index (χ4v) is 3.39. The molecule has 0 bridgehead atoms. The molecule has 7 heteroatoms. The molecular formula is C23H23ClN4O2. The van der Waals surface area contributed by atoms with E-state index in [1.165, 1.54) is 0 Å². The molecule has 6 nitrogen and oxygen atoms in total. The van der Waals surface area contributed by atoms with Crippen molar-refractivity contribution in [2.45, 2.75) is 19.3 Å². The highest BCUT2D eigenvalue weighted by molar-refractivity contribution is 6.30. The number of hydrogen-bond acceptors (Lipinski definition) is 6. The average molecular weight is 423 g/mol. The smallest absolute Gasteiger partial charge is 0.228 e. The Morgan fingerprint density at radius 1 is 0.867 bits per heavy atom. The van der Waals surface area contributed by atoms with Gasteiger partial charge in [-0.2, -0.15) is 4.98 Å². The summed E-state index contributed by atoms with van der Waals surface area (Å²) in [4.78, 5) is 6.71. The van der Waals surface area contributed by atoms with Crippen LogP contribution in [0.15, 0.2) is 69.7 Å². The molecule has 4 rings (SSSR count). The van der Waals surface area contributed by atoms with Crippen LogP contribution >= 0.6 is 11.6 Å². The second kappa shape index (κ2) is 9.69. The van der Waals surface area contributed by atoms with Gasteiger partial charge < -0.3 is 13.9 Å². The Morgan fingerprint density at radius 2 is 1.70 bits per heavy atom. The molecule has 0 aliphatic heterocycles. The molecule has 0 atom stereocenters. The normalized spacial score (nSPS) is 11.3. The lowest BCUT2D eigenvalue weighted by atomic mass is 10.1. The van der Waals surface area contributed by atoms with Gasteiger partial charge in [0.15, 0.2) is 0 Å². The minimum absolute atomic E-state index is 0.565. The molecule has 2 aromatic heterocycles. The Labute approximate surface area is 180 Å². The number of likely N-dealkylation sites (N-methyl/N-ethyl adjacent to an activating group) is 1. The summed E-state index contributed by atoms with van der Waals surface area (Å²) in [5, 5.41) is 8.87. The van der Waals surface area contributed by atoms with Crippen LogP contribution in [0.2, 0.25) is 5.02 Å². The number of rotatable bonds is 9. The largest absolute Gasteiger partial charge is 0.361 e. The van der Waals surface area contributed by atoms with Crippen LogP contribution < -0.4 is 0 Å². The first-order chi connectivity index (χ1) is 14.7. The van der Waals surface area contributed by atoms with Crippen molar-refractivity contribution in [3.05, 3.63) is 77.3 Å². The third kappa shape index (κ3) is 5.34. The lowest BCUT2D eigenvalue weighted by molar-refractivity contribution is 0.300. The highest BCUT2D eigenvalue weighted by Crippen LogP contribution is 2.21. The van der Waals surface area contributed by atoms with E-state index in [0.717, 1.165) is 48.5 Å². The van der Waals surface area contributed by atoms with E-state index in [1.54, 1.807) is 0 Å². The summed E-state index contributed by atoms with van der Waals surface area (Å²) in [6.07, 6.45) is 2.53. The first-order valence-electron chi connectivity index (χ1n) is 9.95. The van der Waals surface area contributed by atoms with E-state index < -0.39 is 0 Å². The summed E-state index contributed by atoms with van der Waals surface area (Å²) in [7, 11) is 2.09. The summed E-state index contributed by atoms with van der Waals surface area (Å²) < 4.78 is 10.8. The maximum atomic E-state index is 6.03. The summed E-state index contributed by atoms with van der Waals surface area (Å²) in [6, 6.07) is 19.5. The van der Waals surface area contributed by atoms with E-state index in [2.05, 4.69) is 27.2 Å². The van der Waals surface area contributed by atoms with Crippen LogP contribution in [0.3, 0.4) is 0 Å². The Kier molecular flexibility index (Phi) is 6.57. The SMILES string of the molecule is CN(CCCc1cc(-c2ccccc2)no1)CCc1nc(-c2cccc(Cl)c2)no1. The zero-order valence-electron chi connectivity index (χ0n) is 16.8. The molecule has 0 radical (unpaired) electrons.